The molecule has 0 atom stereocenters. The number of thiophene rings is 2. The van der Waals surface area contributed by atoms with Crippen molar-refractivity contribution in [3.63, 3.8) is 0 Å². The molecule has 2 fully saturated rings. The molecule has 0 saturated heterocycles. The van der Waals surface area contributed by atoms with Crippen LogP contribution >= 0.6 is 22.7 Å². The third-order valence-corrected chi connectivity index (χ3v) is 15.6. The smallest absolute Gasteiger partial charge is 0.222 e. The summed E-state index contributed by atoms with van der Waals surface area (Å²) in [6.07, 6.45) is 11.6. The molecule has 13 heteroatoms. The normalized spacial score (nSPS) is 20.6. The molecular weight excluding hydrogens is 853 g/mol. The van der Waals surface area contributed by atoms with Crippen molar-refractivity contribution in [2.24, 2.45) is 0 Å². The molecule has 0 radical (unpaired) electrons. The van der Waals surface area contributed by atoms with Gasteiger partial charge in [0.25, 0.3) is 0 Å². The zero-order valence-corrected chi connectivity index (χ0v) is 41.4. The second kappa shape index (κ2) is 26.0. The van der Waals surface area contributed by atoms with Crippen LogP contribution in [-0.4, -0.2) is 98.8 Å². The van der Waals surface area contributed by atoms with E-state index in [9.17, 15) is 19.2 Å². The number of carbonyl (C=O) groups is 4. The summed E-state index contributed by atoms with van der Waals surface area (Å²) in [6, 6.07) is 27.1. The zero-order chi connectivity index (χ0) is 46.7. The minimum atomic E-state index is -0.00456. The molecule has 2 saturated carbocycles. The highest BCUT2D eigenvalue weighted by Crippen LogP contribution is 2.44. The Morgan fingerprint density at radius 3 is 1.63 bits per heavy atom. The third kappa shape index (κ3) is 15.2. The lowest BCUT2D eigenvalue weighted by Crippen LogP contribution is -2.48. The van der Waals surface area contributed by atoms with Gasteiger partial charge in [0, 0.05) is 67.2 Å². The van der Waals surface area contributed by atoms with Gasteiger partial charge >= 0.3 is 0 Å². The van der Waals surface area contributed by atoms with Crippen molar-refractivity contribution in [3.8, 4) is 5.75 Å². The van der Waals surface area contributed by atoms with Gasteiger partial charge in [0.2, 0.25) is 23.6 Å². The van der Waals surface area contributed by atoms with Crippen LogP contribution in [0.15, 0.2) is 89.6 Å². The monoisotopic (exact) mass is 927 g/mol. The van der Waals surface area contributed by atoms with E-state index in [-0.39, 0.29) is 46.8 Å². The Morgan fingerprint density at radius 1 is 0.646 bits per heavy atom. The summed E-state index contributed by atoms with van der Waals surface area (Å²) in [6.45, 7) is 3.89. The van der Waals surface area contributed by atoms with Crippen molar-refractivity contribution < 1.29 is 23.9 Å². The summed E-state index contributed by atoms with van der Waals surface area (Å²) in [5.74, 6) is 1.06. The number of nitrogens with zero attached hydrogens (tertiary/aromatic N) is 3. The summed E-state index contributed by atoms with van der Waals surface area (Å²) >= 11 is 3.64. The molecule has 0 aliphatic heterocycles. The Labute approximate surface area is 396 Å². The van der Waals surface area contributed by atoms with E-state index in [2.05, 4.69) is 89.0 Å². The van der Waals surface area contributed by atoms with Gasteiger partial charge in [-0.1, -0.05) is 54.6 Å². The molecule has 4 aromatic rings. The fourth-order valence-corrected chi connectivity index (χ4v) is 11.5. The van der Waals surface area contributed by atoms with Gasteiger partial charge in [0.15, 0.2) is 0 Å². The molecule has 2 aliphatic rings. The van der Waals surface area contributed by atoms with Gasteiger partial charge in [-0.05, 0) is 152 Å². The molecular formula is C52H74N6O5S2. The van der Waals surface area contributed by atoms with E-state index in [0.717, 1.165) is 74.7 Å². The predicted octanol–water partition coefficient (Wildman–Crippen LogP) is 8.88. The third-order valence-electron chi connectivity index (χ3n) is 13.5. The van der Waals surface area contributed by atoms with Crippen LogP contribution in [0.5, 0.6) is 5.75 Å². The summed E-state index contributed by atoms with van der Waals surface area (Å²) in [5, 5.41) is 13.6. The van der Waals surface area contributed by atoms with Crippen LogP contribution in [0.1, 0.15) is 118 Å². The lowest BCUT2D eigenvalue weighted by molar-refractivity contribution is -0.132. The maximum absolute atomic E-state index is 12.6. The standard InChI is InChI=1S/C26H37N3O3S.C26H37N3O2S/c1-29(2)26(23-9-6-18-33-23)15-12-21(13-16-26)28-25(31)11-5-10-24(30)27-17-14-20-7-4-8-22(19-20)32-3;1-4-29(20-21-10-6-5-7-11-21)25(31)14-8-13-24(30)27-22-15-17-26(18-16-22,28(2)3)23-12-9-19-32-23/h4,6-9,18-19,21H,5,10-17H2,1-3H3,(H,27,30)(H,28,31);5-7,9-12,19,22H,4,8,13-18,20H2,1-3H3,(H,27,30). The molecule has 0 unspecified atom stereocenters. The average molecular weight is 927 g/mol. The molecule has 354 valence electrons. The number of carbonyl (C=O) groups excluding carboxylic acids is 4. The SMILES string of the molecule is CCN(Cc1ccccc1)C(=O)CCCC(=O)NC1CCC(c2cccs2)(N(C)C)CC1.COc1cccc(CCNC(=O)CCCC(=O)NC2CCC(c3cccs3)(N(C)C)CC2)c1. The van der Waals surface area contributed by atoms with Crippen molar-refractivity contribution in [1.29, 1.82) is 0 Å². The Kier molecular flexibility index (Phi) is 20.5. The Morgan fingerprint density at radius 2 is 1.15 bits per heavy atom. The Hall–Kier alpha value is -4.56. The summed E-state index contributed by atoms with van der Waals surface area (Å²) in [7, 11) is 10.3. The van der Waals surface area contributed by atoms with Crippen LogP contribution in [-0.2, 0) is 43.2 Å². The zero-order valence-electron chi connectivity index (χ0n) is 39.7. The van der Waals surface area contributed by atoms with Crippen LogP contribution in [0.2, 0.25) is 0 Å². The predicted molar refractivity (Wildman–Crippen MR) is 265 cm³/mol. The van der Waals surface area contributed by atoms with Gasteiger partial charge in [-0.25, -0.2) is 0 Å². The van der Waals surface area contributed by atoms with E-state index in [4.69, 9.17) is 4.74 Å². The summed E-state index contributed by atoms with van der Waals surface area (Å²) in [4.78, 5) is 59.0. The van der Waals surface area contributed by atoms with Crippen LogP contribution in [0.3, 0.4) is 0 Å². The molecule has 65 heavy (non-hydrogen) atoms. The minimum absolute atomic E-state index is 0.00456. The fraction of sp³-hybridized carbons (Fsp3) is 0.538. The average Bonchev–Trinajstić information content (AvgIpc) is 4.06. The van der Waals surface area contributed by atoms with Gasteiger partial charge in [0.1, 0.15) is 5.75 Å². The Balaban J connectivity index is 0.000000244. The molecule has 2 aliphatic carbocycles. The quantitative estimate of drug-likeness (QED) is 0.0764. The second-order valence-corrected chi connectivity index (χ2v) is 19.9. The van der Waals surface area contributed by atoms with E-state index in [1.165, 1.54) is 9.75 Å². The number of hydrogen-bond acceptors (Lipinski definition) is 9. The number of amides is 4. The number of rotatable bonds is 21. The van der Waals surface area contributed by atoms with Gasteiger partial charge in [-0.2, -0.15) is 0 Å². The largest absolute Gasteiger partial charge is 0.497 e. The molecule has 2 aromatic heterocycles. The van der Waals surface area contributed by atoms with Crippen molar-refractivity contribution >= 4 is 46.3 Å². The number of nitrogens with one attached hydrogen (secondary N) is 3. The molecule has 3 N–H and O–H groups in total. The van der Waals surface area contributed by atoms with E-state index in [0.29, 0.717) is 58.2 Å². The van der Waals surface area contributed by atoms with E-state index >= 15 is 0 Å². The first-order valence-corrected chi connectivity index (χ1v) is 25.4. The van der Waals surface area contributed by atoms with Gasteiger partial charge in [-0.15, -0.1) is 22.7 Å². The van der Waals surface area contributed by atoms with Crippen LogP contribution in [0.25, 0.3) is 0 Å². The molecule has 11 nitrogen and oxygen atoms in total. The number of ether oxygens (including phenoxy) is 1. The Bertz CT molecular complexity index is 2020. The van der Waals surface area contributed by atoms with Crippen molar-refractivity contribution in [2.75, 3.05) is 48.4 Å². The topological polar surface area (TPSA) is 123 Å². The first-order chi connectivity index (χ1) is 31.4. The summed E-state index contributed by atoms with van der Waals surface area (Å²) in [5.41, 5.74) is 2.43. The van der Waals surface area contributed by atoms with Crippen molar-refractivity contribution in [3.05, 3.63) is 111 Å². The first kappa shape index (κ1) is 51.4. The maximum atomic E-state index is 12.6. The fourth-order valence-electron chi connectivity index (χ4n) is 9.40. The number of methoxy groups -OCH3 is 1. The molecule has 2 heterocycles. The molecule has 6 rings (SSSR count). The molecule has 4 amide bonds. The van der Waals surface area contributed by atoms with Crippen LogP contribution in [0.4, 0.5) is 0 Å². The lowest BCUT2D eigenvalue weighted by atomic mass is 9.77. The number of benzene rings is 2. The van der Waals surface area contributed by atoms with Gasteiger partial charge in [-0.3, -0.25) is 29.0 Å². The minimum Gasteiger partial charge on any atom is -0.497 e. The summed E-state index contributed by atoms with van der Waals surface area (Å²) < 4.78 is 5.22. The molecule has 2 aromatic carbocycles. The maximum Gasteiger partial charge on any atom is 0.222 e. The highest BCUT2D eigenvalue weighted by atomic mass is 32.1. The molecule has 0 spiro atoms. The van der Waals surface area contributed by atoms with Crippen molar-refractivity contribution in [2.45, 2.75) is 133 Å². The van der Waals surface area contributed by atoms with Crippen molar-refractivity contribution in [1.82, 2.24) is 30.7 Å². The van der Waals surface area contributed by atoms with Gasteiger partial charge < -0.3 is 25.6 Å². The van der Waals surface area contributed by atoms with Crippen LogP contribution < -0.4 is 20.7 Å². The highest BCUT2D eigenvalue weighted by Gasteiger charge is 2.41. The van der Waals surface area contributed by atoms with E-state index in [1.54, 1.807) is 7.11 Å². The molecule has 0 bridgehead atoms. The number of hydrogen-bond donors (Lipinski definition) is 3. The van der Waals surface area contributed by atoms with E-state index < -0.39 is 0 Å². The van der Waals surface area contributed by atoms with Crippen LogP contribution in [0, 0.1) is 0 Å². The first-order valence-electron chi connectivity index (χ1n) is 23.6. The highest BCUT2D eigenvalue weighted by molar-refractivity contribution is 7.10. The van der Waals surface area contributed by atoms with E-state index in [1.807, 2.05) is 89.1 Å². The van der Waals surface area contributed by atoms with Gasteiger partial charge in [0.05, 0.1) is 18.2 Å². The lowest BCUT2D eigenvalue weighted by Gasteiger charge is -2.44. The second-order valence-electron chi connectivity index (χ2n) is 18.0.